The minimum absolute atomic E-state index is 0.270. The van der Waals surface area contributed by atoms with Crippen molar-refractivity contribution in [1.29, 1.82) is 0 Å². The van der Waals surface area contributed by atoms with Gasteiger partial charge in [0.2, 0.25) is 5.91 Å². The largest absolute Gasteiger partial charge is 0.312 e. The van der Waals surface area contributed by atoms with Crippen LogP contribution in [0.1, 0.15) is 51.2 Å². The molecule has 1 aromatic carbocycles. The SMILES string of the molecule is CCCC(=O)N1CCCc2cc(CC(Br)C(C)C)ccc21. The summed E-state index contributed by atoms with van der Waals surface area (Å²) in [7, 11) is 0. The van der Waals surface area contributed by atoms with Crippen molar-refractivity contribution in [2.75, 3.05) is 11.4 Å². The molecular weight excluding hydrogens is 326 g/mol. The molecule has 116 valence electrons. The molecule has 0 radical (unpaired) electrons. The average Bonchev–Trinajstić information content (AvgIpc) is 2.46. The van der Waals surface area contributed by atoms with Crippen LogP contribution in [0, 0.1) is 5.92 Å². The molecule has 1 unspecified atom stereocenters. The summed E-state index contributed by atoms with van der Waals surface area (Å²) in [5, 5.41) is 0. The molecule has 1 heterocycles. The Morgan fingerprint density at radius 2 is 2.14 bits per heavy atom. The van der Waals surface area contributed by atoms with Gasteiger partial charge in [-0.15, -0.1) is 0 Å². The number of carbonyl (C=O) groups is 1. The summed E-state index contributed by atoms with van der Waals surface area (Å²) in [5.41, 5.74) is 3.85. The van der Waals surface area contributed by atoms with Crippen molar-refractivity contribution in [3.8, 4) is 0 Å². The second kappa shape index (κ2) is 7.44. The number of carbonyl (C=O) groups excluding carboxylic acids is 1. The summed E-state index contributed by atoms with van der Waals surface area (Å²) in [6.07, 6.45) is 4.79. The number of hydrogen-bond acceptors (Lipinski definition) is 1. The molecule has 3 heteroatoms. The lowest BCUT2D eigenvalue weighted by atomic mass is 9.95. The summed E-state index contributed by atoms with van der Waals surface area (Å²) < 4.78 is 0. The first kappa shape index (κ1) is 16.5. The lowest BCUT2D eigenvalue weighted by Crippen LogP contribution is -2.35. The molecule has 0 bridgehead atoms. The first-order valence-corrected chi connectivity index (χ1v) is 9.00. The van der Waals surface area contributed by atoms with Crippen LogP contribution in [0.5, 0.6) is 0 Å². The van der Waals surface area contributed by atoms with Crippen LogP contribution < -0.4 is 4.90 Å². The highest BCUT2D eigenvalue weighted by atomic mass is 79.9. The van der Waals surface area contributed by atoms with E-state index in [2.05, 4.69) is 54.9 Å². The van der Waals surface area contributed by atoms with Crippen LogP contribution in [0.3, 0.4) is 0 Å². The molecule has 1 amide bonds. The first-order chi connectivity index (χ1) is 10.0. The van der Waals surface area contributed by atoms with E-state index in [1.165, 1.54) is 11.1 Å². The number of nitrogens with zero attached hydrogens (tertiary/aromatic N) is 1. The molecule has 1 aliphatic heterocycles. The Kier molecular flexibility index (Phi) is 5.86. The van der Waals surface area contributed by atoms with Crippen LogP contribution in [0.4, 0.5) is 5.69 Å². The normalized spacial score (nSPS) is 16.0. The fraction of sp³-hybridized carbons (Fsp3) is 0.611. The van der Waals surface area contributed by atoms with E-state index in [1.54, 1.807) is 0 Å². The molecule has 0 aliphatic carbocycles. The number of benzene rings is 1. The van der Waals surface area contributed by atoms with Crippen LogP contribution in [0.25, 0.3) is 0 Å². The molecule has 0 spiro atoms. The second-order valence-electron chi connectivity index (χ2n) is 6.33. The van der Waals surface area contributed by atoms with Gasteiger partial charge in [0, 0.05) is 23.5 Å². The van der Waals surface area contributed by atoms with Crippen molar-refractivity contribution in [2.24, 2.45) is 5.92 Å². The van der Waals surface area contributed by atoms with Crippen LogP contribution in [-0.2, 0) is 17.6 Å². The Balaban J connectivity index is 2.18. The Morgan fingerprint density at radius 1 is 1.38 bits per heavy atom. The fourth-order valence-corrected chi connectivity index (χ4v) is 3.22. The van der Waals surface area contributed by atoms with Crippen molar-refractivity contribution in [1.82, 2.24) is 0 Å². The maximum atomic E-state index is 12.2. The lowest BCUT2D eigenvalue weighted by Gasteiger charge is -2.30. The van der Waals surface area contributed by atoms with Crippen molar-refractivity contribution in [2.45, 2.75) is 57.7 Å². The Labute approximate surface area is 137 Å². The molecule has 0 aromatic heterocycles. The Morgan fingerprint density at radius 3 is 2.81 bits per heavy atom. The van der Waals surface area contributed by atoms with E-state index >= 15 is 0 Å². The van der Waals surface area contributed by atoms with Gasteiger partial charge in [-0.3, -0.25) is 4.79 Å². The Hall–Kier alpha value is -0.830. The van der Waals surface area contributed by atoms with E-state index in [0.29, 0.717) is 17.2 Å². The predicted octanol–water partition coefficient (Wildman–Crippen LogP) is 4.73. The summed E-state index contributed by atoms with van der Waals surface area (Å²) >= 11 is 3.77. The minimum Gasteiger partial charge on any atom is -0.312 e. The second-order valence-corrected chi connectivity index (χ2v) is 7.50. The fourth-order valence-electron chi connectivity index (χ4n) is 2.85. The highest BCUT2D eigenvalue weighted by Gasteiger charge is 2.22. The summed E-state index contributed by atoms with van der Waals surface area (Å²) in [6, 6.07) is 6.64. The van der Waals surface area contributed by atoms with Gasteiger partial charge >= 0.3 is 0 Å². The van der Waals surface area contributed by atoms with E-state index in [0.717, 1.165) is 37.9 Å². The van der Waals surface area contributed by atoms with Gasteiger partial charge in [0.05, 0.1) is 0 Å². The highest BCUT2D eigenvalue weighted by Crippen LogP contribution is 2.30. The summed E-state index contributed by atoms with van der Waals surface area (Å²) in [4.78, 5) is 14.7. The molecule has 0 N–H and O–H groups in total. The molecule has 0 fully saturated rings. The molecule has 1 aliphatic rings. The van der Waals surface area contributed by atoms with Crippen molar-refractivity contribution in [3.63, 3.8) is 0 Å². The smallest absolute Gasteiger partial charge is 0.226 e. The van der Waals surface area contributed by atoms with Gasteiger partial charge in [-0.1, -0.05) is 48.8 Å². The van der Waals surface area contributed by atoms with Gasteiger partial charge < -0.3 is 4.90 Å². The zero-order valence-corrected chi connectivity index (χ0v) is 14.9. The number of anilines is 1. The van der Waals surface area contributed by atoms with Gasteiger partial charge in [-0.2, -0.15) is 0 Å². The van der Waals surface area contributed by atoms with Crippen LogP contribution in [0.2, 0.25) is 0 Å². The number of alkyl halides is 1. The number of aryl methyl sites for hydroxylation is 1. The molecule has 2 rings (SSSR count). The van der Waals surface area contributed by atoms with E-state index < -0.39 is 0 Å². The molecule has 0 saturated heterocycles. The van der Waals surface area contributed by atoms with Gasteiger partial charge in [-0.25, -0.2) is 0 Å². The van der Waals surface area contributed by atoms with Gasteiger partial charge in [-0.05, 0) is 48.8 Å². The maximum Gasteiger partial charge on any atom is 0.226 e. The summed E-state index contributed by atoms with van der Waals surface area (Å²) in [6.45, 7) is 7.41. The third kappa shape index (κ3) is 4.09. The third-order valence-electron chi connectivity index (χ3n) is 4.18. The van der Waals surface area contributed by atoms with E-state index in [4.69, 9.17) is 0 Å². The third-order valence-corrected chi connectivity index (χ3v) is 5.56. The lowest BCUT2D eigenvalue weighted by molar-refractivity contribution is -0.118. The van der Waals surface area contributed by atoms with Crippen LogP contribution in [0.15, 0.2) is 18.2 Å². The molecule has 2 nitrogen and oxygen atoms in total. The predicted molar refractivity (Wildman–Crippen MR) is 93.3 cm³/mol. The highest BCUT2D eigenvalue weighted by molar-refractivity contribution is 9.09. The van der Waals surface area contributed by atoms with Crippen LogP contribution >= 0.6 is 15.9 Å². The van der Waals surface area contributed by atoms with Gasteiger partial charge in [0.25, 0.3) is 0 Å². The van der Waals surface area contributed by atoms with E-state index in [1.807, 2.05) is 4.90 Å². The van der Waals surface area contributed by atoms with E-state index in [-0.39, 0.29) is 5.91 Å². The van der Waals surface area contributed by atoms with Crippen molar-refractivity contribution < 1.29 is 4.79 Å². The van der Waals surface area contributed by atoms with E-state index in [9.17, 15) is 4.79 Å². The number of fused-ring (bicyclic) bond motifs is 1. The standard InChI is InChI=1S/C18H26BrNO/c1-4-6-18(21)20-10-5-7-15-11-14(8-9-17(15)20)12-16(19)13(2)3/h8-9,11,13,16H,4-7,10,12H2,1-3H3. The molecule has 0 saturated carbocycles. The van der Waals surface area contributed by atoms with Crippen molar-refractivity contribution >= 4 is 27.5 Å². The zero-order valence-electron chi connectivity index (χ0n) is 13.4. The molecule has 21 heavy (non-hydrogen) atoms. The number of hydrogen-bond donors (Lipinski definition) is 0. The van der Waals surface area contributed by atoms with Gasteiger partial charge in [0.1, 0.15) is 0 Å². The number of amides is 1. The van der Waals surface area contributed by atoms with Gasteiger partial charge in [0.15, 0.2) is 0 Å². The topological polar surface area (TPSA) is 20.3 Å². The number of rotatable bonds is 5. The monoisotopic (exact) mass is 351 g/mol. The zero-order chi connectivity index (χ0) is 15.4. The number of halogens is 1. The quantitative estimate of drug-likeness (QED) is 0.702. The average molecular weight is 352 g/mol. The maximum absolute atomic E-state index is 12.2. The molecule has 1 atom stereocenters. The molecular formula is C18H26BrNO. The minimum atomic E-state index is 0.270. The van der Waals surface area contributed by atoms with Crippen LogP contribution in [-0.4, -0.2) is 17.3 Å². The van der Waals surface area contributed by atoms with Crippen molar-refractivity contribution in [3.05, 3.63) is 29.3 Å². The molecule has 1 aromatic rings. The summed E-state index contributed by atoms with van der Waals surface area (Å²) in [5.74, 6) is 0.899. The Bertz CT molecular complexity index is 498. The first-order valence-electron chi connectivity index (χ1n) is 8.09.